The molecule has 162 valence electrons. The number of para-hydroxylation sites is 1. The molecule has 2 aromatic carbocycles. The lowest BCUT2D eigenvalue weighted by molar-refractivity contribution is 0.0341. The van der Waals surface area contributed by atoms with Crippen LogP contribution in [0.15, 0.2) is 79.5 Å². The highest BCUT2D eigenvalue weighted by Crippen LogP contribution is 2.43. The van der Waals surface area contributed by atoms with Crippen LogP contribution in [0.1, 0.15) is 43.9 Å². The molecule has 0 aliphatic carbocycles. The smallest absolute Gasteiger partial charge is 0.0822 e. The van der Waals surface area contributed by atoms with Gasteiger partial charge in [-0.15, -0.1) is 6.58 Å². The molecule has 1 aliphatic heterocycles. The van der Waals surface area contributed by atoms with Crippen LogP contribution in [-0.4, -0.2) is 28.1 Å². The van der Waals surface area contributed by atoms with Gasteiger partial charge < -0.3 is 5.11 Å². The molecule has 2 heterocycles. The number of benzene rings is 2. The molecule has 4 rings (SSSR count). The first-order valence-corrected chi connectivity index (χ1v) is 11.4. The third kappa shape index (κ3) is 4.73. The maximum atomic E-state index is 11.2. The molecule has 0 radical (unpaired) electrons. The van der Waals surface area contributed by atoms with Crippen molar-refractivity contribution in [3.05, 3.63) is 90.6 Å². The molecule has 1 N–H and O–H groups in total. The Morgan fingerprint density at radius 2 is 1.90 bits per heavy atom. The summed E-state index contributed by atoms with van der Waals surface area (Å²) in [6, 6.07) is 20.7. The topological polar surface area (TPSA) is 36.4 Å². The fourth-order valence-corrected chi connectivity index (χ4v) is 5.21. The van der Waals surface area contributed by atoms with Crippen molar-refractivity contribution >= 4 is 10.9 Å². The Bertz CT molecular complexity index is 1010. The average Bonchev–Trinajstić information content (AvgIpc) is 2.80. The summed E-state index contributed by atoms with van der Waals surface area (Å²) >= 11 is 0. The molecular weight excluding hydrogens is 380 g/mol. The van der Waals surface area contributed by atoms with E-state index in [0.717, 1.165) is 48.9 Å². The zero-order valence-corrected chi connectivity index (χ0v) is 18.7. The van der Waals surface area contributed by atoms with Gasteiger partial charge in [0, 0.05) is 30.1 Å². The van der Waals surface area contributed by atoms with Crippen LogP contribution in [-0.2, 0) is 6.54 Å². The molecule has 1 saturated heterocycles. The van der Waals surface area contributed by atoms with Crippen molar-refractivity contribution in [2.24, 2.45) is 17.3 Å². The van der Waals surface area contributed by atoms with Crippen LogP contribution in [0, 0.1) is 17.3 Å². The maximum Gasteiger partial charge on any atom is 0.0822 e. The molecular formula is C28H34N2O. The number of hydrogen-bond acceptors (Lipinski definition) is 3. The maximum absolute atomic E-state index is 11.2. The van der Waals surface area contributed by atoms with E-state index in [1.807, 2.05) is 30.5 Å². The molecule has 1 fully saturated rings. The zero-order chi connectivity index (χ0) is 21.8. The average molecular weight is 415 g/mol. The normalized spacial score (nSPS) is 24.0. The van der Waals surface area contributed by atoms with Gasteiger partial charge in [0.15, 0.2) is 0 Å². The molecule has 0 spiro atoms. The lowest BCUT2D eigenvalue weighted by Crippen LogP contribution is -2.46. The second-order valence-electron chi connectivity index (χ2n) is 9.47. The van der Waals surface area contributed by atoms with Crippen LogP contribution in [0.2, 0.25) is 0 Å². The summed E-state index contributed by atoms with van der Waals surface area (Å²) in [5.74, 6) is 0.672. The number of hydrogen-bond donors (Lipinski definition) is 1. The molecule has 1 aromatic heterocycles. The second-order valence-corrected chi connectivity index (χ2v) is 9.47. The summed E-state index contributed by atoms with van der Waals surface area (Å²) in [5, 5.41) is 12.3. The van der Waals surface area contributed by atoms with E-state index < -0.39 is 6.10 Å². The largest absolute Gasteiger partial charge is 0.388 e. The fourth-order valence-electron chi connectivity index (χ4n) is 5.21. The quantitative estimate of drug-likeness (QED) is 0.481. The van der Waals surface area contributed by atoms with Gasteiger partial charge in [-0.1, -0.05) is 68.5 Å². The number of aliphatic hydroxyl groups is 1. The Hall–Kier alpha value is -2.49. The molecule has 4 atom stereocenters. The van der Waals surface area contributed by atoms with E-state index in [0.29, 0.717) is 5.92 Å². The minimum Gasteiger partial charge on any atom is -0.388 e. The van der Waals surface area contributed by atoms with Crippen molar-refractivity contribution in [2.45, 2.75) is 39.3 Å². The Kier molecular flexibility index (Phi) is 6.54. The van der Waals surface area contributed by atoms with Crippen LogP contribution in [0.3, 0.4) is 0 Å². The number of rotatable bonds is 7. The molecule has 3 heteroatoms. The van der Waals surface area contributed by atoms with E-state index in [1.54, 1.807) is 0 Å². The first-order valence-electron chi connectivity index (χ1n) is 11.4. The number of nitrogens with zero attached hydrogens (tertiary/aromatic N) is 2. The van der Waals surface area contributed by atoms with Gasteiger partial charge in [-0.25, -0.2) is 0 Å². The predicted octanol–water partition coefficient (Wildman–Crippen LogP) is 6.01. The molecule has 31 heavy (non-hydrogen) atoms. The predicted molar refractivity (Wildman–Crippen MR) is 129 cm³/mol. The summed E-state index contributed by atoms with van der Waals surface area (Å²) in [4.78, 5) is 7.00. The summed E-state index contributed by atoms with van der Waals surface area (Å²) < 4.78 is 0. The fraction of sp³-hybridized carbons (Fsp3) is 0.393. The number of fused-ring (bicyclic) bond motifs is 1. The molecule has 0 bridgehead atoms. The van der Waals surface area contributed by atoms with Crippen molar-refractivity contribution in [2.75, 3.05) is 13.1 Å². The van der Waals surface area contributed by atoms with Gasteiger partial charge in [-0.3, -0.25) is 9.88 Å². The van der Waals surface area contributed by atoms with Gasteiger partial charge in [-0.05, 0) is 54.5 Å². The summed E-state index contributed by atoms with van der Waals surface area (Å²) in [6.07, 6.45) is 5.58. The number of pyridine rings is 1. The van der Waals surface area contributed by atoms with Crippen molar-refractivity contribution < 1.29 is 5.11 Å². The molecule has 3 unspecified atom stereocenters. The first kappa shape index (κ1) is 21.7. The van der Waals surface area contributed by atoms with Crippen LogP contribution >= 0.6 is 0 Å². The molecule has 3 nitrogen and oxygen atoms in total. The second kappa shape index (κ2) is 9.33. The van der Waals surface area contributed by atoms with Gasteiger partial charge in [0.1, 0.15) is 0 Å². The summed E-state index contributed by atoms with van der Waals surface area (Å²) in [5.41, 5.74) is 3.33. The molecule has 3 aromatic rings. The number of aromatic nitrogens is 1. The van der Waals surface area contributed by atoms with Crippen molar-refractivity contribution in [1.29, 1.82) is 0 Å². The highest BCUT2D eigenvalue weighted by Gasteiger charge is 2.38. The Morgan fingerprint density at radius 1 is 1.16 bits per heavy atom. The highest BCUT2D eigenvalue weighted by atomic mass is 16.3. The lowest BCUT2D eigenvalue weighted by Gasteiger charge is -2.46. The van der Waals surface area contributed by atoms with E-state index in [2.05, 4.69) is 72.8 Å². The minimum atomic E-state index is -0.496. The van der Waals surface area contributed by atoms with Crippen molar-refractivity contribution in [1.82, 2.24) is 9.88 Å². The number of likely N-dealkylation sites (tertiary alicyclic amines) is 1. The van der Waals surface area contributed by atoms with E-state index in [-0.39, 0.29) is 11.3 Å². The summed E-state index contributed by atoms with van der Waals surface area (Å²) in [6.45, 7) is 11.8. The van der Waals surface area contributed by atoms with E-state index in [9.17, 15) is 5.11 Å². The SMILES string of the molecule is C=CC1(C)CN(Cc2ccccc2)CCC1CC(C)[C@H](O)c1ccnc2ccccc12. The summed E-state index contributed by atoms with van der Waals surface area (Å²) in [7, 11) is 0. The Balaban J connectivity index is 1.46. The highest BCUT2D eigenvalue weighted by molar-refractivity contribution is 5.82. The Morgan fingerprint density at radius 3 is 2.68 bits per heavy atom. The number of piperidine rings is 1. The van der Waals surface area contributed by atoms with Crippen molar-refractivity contribution in [3.8, 4) is 0 Å². The van der Waals surface area contributed by atoms with Gasteiger partial charge in [0.05, 0.1) is 11.6 Å². The Labute approximate surface area is 186 Å². The van der Waals surface area contributed by atoms with Crippen molar-refractivity contribution in [3.63, 3.8) is 0 Å². The standard InChI is InChI=1S/C28H34N2O/c1-4-28(3)20-30(19-22-10-6-5-7-11-22)17-15-23(28)18-21(2)27(31)25-14-16-29-26-13-9-8-12-24(25)26/h4-14,16,21,23,27,31H,1,15,17-20H2,2-3H3/t21?,23?,27-,28?/m0/s1. The number of aliphatic hydroxyl groups excluding tert-OH is 1. The monoisotopic (exact) mass is 414 g/mol. The zero-order valence-electron chi connectivity index (χ0n) is 18.7. The third-order valence-electron chi connectivity index (χ3n) is 7.20. The van der Waals surface area contributed by atoms with E-state index in [4.69, 9.17) is 0 Å². The van der Waals surface area contributed by atoms with Crippen LogP contribution in [0.5, 0.6) is 0 Å². The van der Waals surface area contributed by atoms with Crippen LogP contribution in [0.4, 0.5) is 0 Å². The molecule has 1 aliphatic rings. The van der Waals surface area contributed by atoms with Crippen LogP contribution in [0.25, 0.3) is 10.9 Å². The molecule has 0 saturated carbocycles. The van der Waals surface area contributed by atoms with Crippen LogP contribution < -0.4 is 0 Å². The van der Waals surface area contributed by atoms with Gasteiger partial charge >= 0.3 is 0 Å². The van der Waals surface area contributed by atoms with Gasteiger partial charge in [0.2, 0.25) is 0 Å². The third-order valence-corrected chi connectivity index (χ3v) is 7.20. The first-order chi connectivity index (χ1) is 15.0. The van der Waals surface area contributed by atoms with E-state index in [1.165, 1.54) is 5.56 Å². The van der Waals surface area contributed by atoms with Gasteiger partial charge in [-0.2, -0.15) is 0 Å². The minimum absolute atomic E-state index is 0.0430. The lowest BCUT2D eigenvalue weighted by atomic mass is 9.68. The van der Waals surface area contributed by atoms with E-state index >= 15 is 0 Å². The van der Waals surface area contributed by atoms with Gasteiger partial charge in [0.25, 0.3) is 0 Å². The molecule has 0 amide bonds.